The quantitative estimate of drug-likeness (QED) is 0.731. The Bertz CT molecular complexity index is 252. The number of anilines is 1. The minimum atomic E-state index is -0.745. The summed E-state index contributed by atoms with van der Waals surface area (Å²) in [7, 11) is -0.745. The first kappa shape index (κ1) is 9.12. The normalized spacial score (nSPS) is 12.4. The highest BCUT2D eigenvalue weighted by atomic mass is 32.2. The smallest absolute Gasteiger partial charge is 0.129 e. The van der Waals surface area contributed by atoms with Crippen LogP contribution < -0.4 is 5.32 Å². The van der Waals surface area contributed by atoms with Gasteiger partial charge in [0.1, 0.15) is 12.1 Å². The number of hydrogen-bond donors (Lipinski definition) is 1. The van der Waals surface area contributed by atoms with Crippen LogP contribution in [0.3, 0.4) is 0 Å². The first-order valence-corrected chi connectivity index (χ1v) is 5.31. The van der Waals surface area contributed by atoms with Crippen LogP contribution >= 0.6 is 0 Å². The zero-order valence-electron chi connectivity index (χ0n) is 6.86. The standard InChI is InChI=1S/C7H11N3OS/c1-12(11)5-4-9-7-2-3-8-6-10-7/h2-3,6H,4-5H2,1H3,(H,8,9,10). The molecule has 0 saturated heterocycles. The molecule has 4 nitrogen and oxygen atoms in total. The number of aromatic nitrogens is 2. The van der Waals surface area contributed by atoms with Gasteiger partial charge < -0.3 is 5.32 Å². The van der Waals surface area contributed by atoms with Gasteiger partial charge in [-0.25, -0.2) is 9.97 Å². The van der Waals surface area contributed by atoms with E-state index in [1.165, 1.54) is 6.33 Å². The lowest BCUT2D eigenvalue weighted by Crippen LogP contribution is -2.10. The van der Waals surface area contributed by atoms with Gasteiger partial charge in [-0.1, -0.05) is 0 Å². The highest BCUT2D eigenvalue weighted by Crippen LogP contribution is 1.96. The molecular formula is C7H11N3OS. The molecule has 1 unspecified atom stereocenters. The van der Waals surface area contributed by atoms with E-state index in [9.17, 15) is 4.21 Å². The fraction of sp³-hybridized carbons (Fsp3) is 0.429. The van der Waals surface area contributed by atoms with E-state index in [2.05, 4.69) is 15.3 Å². The Labute approximate surface area is 73.9 Å². The van der Waals surface area contributed by atoms with Crippen LogP contribution in [0.5, 0.6) is 0 Å². The second kappa shape index (κ2) is 4.82. The van der Waals surface area contributed by atoms with E-state index in [4.69, 9.17) is 0 Å². The molecule has 1 rings (SSSR count). The molecule has 0 bridgehead atoms. The molecule has 1 heterocycles. The molecular weight excluding hydrogens is 174 g/mol. The molecule has 0 radical (unpaired) electrons. The lowest BCUT2D eigenvalue weighted by Gasteiger charge is -2.01. The Morgan fingerprint density at radius 2 is 2.50 bits per heavy atom. The molecule has 0 aliphatic rings. The third-order valence-electron chi connectivity index (χ3n) is 1.28. The summed E-state index contributed by atoms with van der Waals surface area (Å²) in [5, 5.41) is 3.03. The molecule has 0 spiro atoms. The van der Waals surface area contributed by atoms with Gasteiger partial charge in [0.25, 0.3) is 0 Å². The van der Waals surface area contributed by atoms with Crippen molar-refractivity contribution in [3.05, 3.63) is 18.6 Å². The van der Waals surface area contributed by atoms with Crippen molar-refractivity contribution in [2.24, 2.45) is 0 Å². The summed E-state index contributed by atoms with van der Waals surface area (Å²) in [6.45, 7) is 0.681. The molecule has 1 N–H and O–H groups in total. The van der Waals surface area contributed by atoms with E-state index in [1.54, 1.807) is 18.5 Å². The van der Waals surface area contributed by atoms with E-state index >= 15 is 0 Å². The van der Waals surface area contributed by atoms with Gasteiger partial charge in [0, 0.05) is 35.5 Å². The van der Waals surface area contributed by atoms with E-state index in [1.807, 2.05) is 0 Å². The molecule has 66 valence electrons. The summed E-state index contributed by atoms with van der Waals surface area (Å²) in [5.41, 5.74) is 0. The van der Waals surface area contributed by atoms with E-state index < -0.39 is 10.8 Å². The van der Waals surface area contributed by atoms with Crippen LogP contribution in [-0.4, -0.2) is 32.7 Å². The lowest BCUT2D eigenvalue weighted by molar-refractivity contribution is 0.687. The van der Waals surface area contributed by atoms with Crippen molar-refractivity contribution >= 4 is 16.6 Å². The first-order chi connectivity index (χ1) is 5.79. The summed E-state index contributed by atoms with van der Waals surface area (Å²) in [4.78, 5) is 7.73. The van der Waals surface area contributed by atoms with Crippen LogP contribution in [0.25, 0.3) is 0 Å². The summed E-state index contributed by atoms with van der Waals surface area (Å²) >= 11 is 0. The fourth-order valence-corrected chi connectivity index (χ4v) is 1.11. The predicted octanol–water partition coefficient (Wildman–Crippen LogP) is 0.267. The fourth-order valence-electron chi connectivity index (χ4n) is 0.718. The second-order valence-electron chi connectivity index (χ2n) is 2.30. The van der Waals surface area contributed by atoms with Crippen LogP contribution in [0.4, 0.5) is 5.82 Å². The average molecular weight is 185 g/mol. The molecule has 0 amide bonds. The van der Waals surface area contributed by atoms with Crippen LogP contribution in [0, 0.1) is 0 Å². The highest BCUT2D eigenvalue weighted by Gasteiger charge is 1.92. The SMILES string of the molecule is CS(=O)CCNc1ccncn1. The molecule has 0 aliphatic heterocycles. The summed E-state index contributed by atoms with van der Waals surface area (Å²) < 4.78 is 10.7. The maximum absolute atomic E-state index is 10.7. The van der Waals surface area contributed by atoms with Gasteiger partial charge in [-0.2, -0.15) is 0 Å². The van der Waals surface area contributed by atoms with Gasteiger partial charge in [-0.15, -0.1) is 0 Å². The highest BCUT2D eigenvalue weighted by molar-refractivity contribution is 7.84. The number of nitrogens with one attached hydrogen (secondary N) is 1. The summed E-state index contributed by atoms with van der Waals surface area (Å²) in [5.74, 6) is 1.42. The van der Waals surface area contributed by atoms with Crippen LogP contribution in [0.1, 0.15) is 0 Å². The van der Waals surface area contributed by atoms with E-state index in [0.717, 1.165) is 5.82 Å². The van der Waals surface area contributed by atoms with E-state index in [0.29, 0.717) is 12.3 Å². The minimum Gasteiger partial charge on any atom is -0.369 e. The van der Waals surface area contributed by atoms with Crippen molar-refractivity contribution in [2.75, 3.05) is 23.9 Å². The van der Waals surface area contributed by atoms with Gasteiger partial charge in [0.15, 0.2) is 0 Å². The third kappa shape index (κ3) is 3.43. The second-order valence-corrected chi connectivity index (χ2v) is 3.85. The van der Waals surface area contributed by atoms with Crippen LogP contribution in [-0.2, 0) is 10.8 Å². The van der Waals surface area contributed by atoms with Crippen molar-refractivity contribution in [1.29, 1.82) is 0 Å². The predicted molar refractivity (Wildman–Crippen MR) is 49.5 cm³/mol. The number of nitrogens with zero attached hydrogens (tertiary/aromatic N) is 2. The molecule has 0 aliphatic carbocycles. The molecule has 1 aromatic heterocycles. The van der Waals surface area contributed by atoms with Crippen LogP contribution in [0.2, 0.25) is 0 Å². The Hall–Kier alpha value is -0.970. The van der Waals surface area contributed by atoms with Gasteiger partial charge in [-0.05, 0) is 6.07 Å². The minimum absolute atomic E-state index is 0.643. The Morgan fingerprint density at radius 1 is 1.67 bits per heavy atom. The Kier molecular flexibility index (Phi) is 3.66. The summed E-state index contributed by atoms with van der Waals surface area (Å²) in [6, 6.07) is 1.78. The van der Waals surface area contributed by atoms with Gasteiger partial charge in [-0.3, -0.25) is 4.21 Å². The summed E-state index contributed by atoms with van der Waals surface area (Å²) in [6.07, 6.45) is 4.82. The molecule has 0 aromatic carbocycles. The molecule has 0 saturated carbocycles. The zero-order chi connectivity index (χ0) is 8.81. The van der Waals surface area contributed by atoms with Gasteiger partial charge in [0.2, 0.25) is 0 Å². The van der Waals surface area contributed by atoms with Crippen molar-refractivity contribution in [1.82, 2.24) is 9.97 Å². The Morgan fingerprint density at radius 3 is 3.08 bits per heavy atom. The lowest BCUT2D eigenvalue weighted by atomic mass is 10.6. The number of rotatable bonds is 4. The largest absolute Gasteiger partial charge is 0.369 e. The third-order valence-corrected chi connectivity index (χ3v) is 2.06. The molecule has 1 aromatic rings. The van der Waals surface area contributed by atoms with Gasteiger partial charge >= 0.3 is 0 Å². The molecule has 5 heteroatoms. The maximum atomic E-state index is 10.7. The Balaban J connectivity index is 2.29. The zero-order valence-corrected chi connectivity index (χ0v) is 7.67. The average Bonchev–Trinajstić information content (AvgIpc) is 2.05. The van der Waals surface area contributed by atoms with Crippen molar-refractivity contribution < 1.29 is 4.21 Å². The molecule has 1 atom stereocenters. The topological polar surface area (TPSA) is 54.9 Å². The molecule has 12 heavy (non-hydrogen) atoms. The van der Waals surface area contributed by atoms with Crippen molar-refractivity contribution in [2.45, 2.75) is 0 Å². The van der Waals surface area contributed by atoms with Crippen LogP contribution in [0.15, 0.2) is 18.6 Å². The first-order valence-electron chi connectivity index (χ1n) is 3.59. The maximum Gasteiger partial charge on any atom is 0.129 e. The van der Waals surface area contributed by atoms with Crippen molar-refractivity contribution in [3.63, 3.8) is 0 Å². The number of hydrogen-bond acceptors (Lipinski definition) is 4. The van der Waals surface area contributed by atoms with Crippen molar-refractivity contribution in [3.8, 4) is 0 Å². The van der Waals surface area contributed by atoms with E-state index in [-0.39, 0.29) is 0 Å². The monoisotopic (exact) mass is 185 g/mol. The molecule has 0 fully saturated rings. The van der Waals surface area contributed by atoms with Gasteiger partial charge in [0.05, 0.1) is 0 Å².